The molecule has 6 nitrogen and oxygen atoms in total. The molecular formula is C28H40N2O4S. The first kappa shape index (κ1) is 25.0. The number of sulfonamides is 1. The Labute approximate surface area is 210 Å². The van der Waals surface area contributed by atoms with Gasteiger partial charge in [0.15, 0.2) is 6.29 Å². The summed E-state index contributed by atoms with van der Waals surface area (Å²) in [5, 5.41) is 1.70. The predicted octanol–water partition coefficient (Wildman–Crippen LogP) is 5.17. The highest BCUT2D eigenvalue weighted by atomic mass is 32.2. The first-order valence-corrected chi connectivity index (χ1v) is 14.8. The second-order valence-electron chi connectivity index (χ2n) is 11.0. The van der Waals surface area contributed by atoms with Crippen molar-refractivity contribution < 1.29 is 17.9 Å². The van der Waals surface area contributed by atoms with Crippen molar-refractivity contribution in [3.8, 4) is 0 Å². The summed E-state index contributed by atoms with van der Waals surface area (Å²) in [4.78, 5) is 2.36. The standard InChI is InChI=1S/C28H40N2O4S/c1-19-15-16-20-8-4-10-22-21(18-33-28(34-19)27(20)22)9-7-17-29-35(31,32)26-14-6-11-23-24(26)12-5-13-25(23)30(2)3/h5-6,11-14,19-22,27-29H,4,7-10,15-18H2,1-3H3. The summed E-state index contributed by atoms with van der Waals surface area (Å²) < 4.78 is 41.9. The lowest BCUT2D eigenvalue weighted by Gasteiger charge is -2.48. The zero-order valence-corrected chi connectivity index (χ0v) is 22.1. The van der Waals surface area contributed by atoms with E-state index in [1.54, 1.807) is 6.07 Å². The minimum atomic E-state index is -3.60. The van der Waals surface area contributed by atoms with E-state index in [2.05, 4.69) is 11.6 Å². The van der Waals surface area contributed by atoms with Crippen molar-refractivity contribution in [1.29, 1.82) is 0 Å². The van der Waals surface area contributed by atoms with E-state index in [0.29, 0.717) is 35.1 Å². The minimum absolute atomic E-state index is 0.0454. The third-order valence-corrected chi connectivity index (χ3v) is 10.0. The monoisotopic (exact) mass is 500 g/mol. The molecule has 0 radical (unpaired) electrons. The number of hydrogen-bond acceptors (Lipinski definition) is 5. The number of rotatable bonds is 7. The molecule has 3 aliphatic rings. The molecule has 35 heavy (non-hydrogen) atoms. The predicted molar refractivity (Wildman–Crippen MR) is 140 cm³/mol. The van der Waals surface area contributed by atoms with Crippen LogP contribution in [0.2, 0.25) is 0 Å². The summed E-state index contributed by atoms with van der Waals surface area (Å²) in [6.07, 6.45) is 8.25. The molecular weight excluding hydrogens is 460 g/mol. The highest BCUT2D eigenvalue weighted by molar-refractivity contribution is 7.89. The first-order valence-electron chi connectivity index (χ1n) is 13.3. The maximum Gasteiger partial charge on any atom is 0.241 e. The largest absolute Gasteiger partial charge is 0.377 e. The van der Waals surface area contributed by atoms with Gasteiger partial charge in [0.1, 0.15) is 0 Å². The molecule has 192 valence electrons. The van der Waals surface area contributed by atoms with Crippen molar-refractivity contribution in [2.75, 3.05) is 32.1 Å². The van der Waals surface area contributed by atoms with Crippen LogP contribution in [0.25, 0.3) is 10.8 Å². The SMILES string of the molecule is CC1CCC2CCCC3C(CCCNS(=O)(=O)c4cccc5c(N(C)C)cccc45)COC(O1)C23. The number of nitrogens with zero attached hydrogens (tertiary/aromatic N) is 1. The van der Waals surface area contributed by atoms with Crippen LogP contribution in [0, 0.1) is 23.7 Å². The van der Waals surface area contributed by atoms with Crippen LogP contribution >= 0.6 is 0 Å². The summed E-state index contributed by atoms with van der Waals surface area (Å²) in [6, 6.07) is 11.3. The molecule has 2 aromatic carbocycles. The van der Waals surface area contributed by atoms with Crippen LogP contribution in [0.3, 0.4) is 0 Å². The van der Waals surface area contributed by atoms with Crippen molar-refractivity contribution in [2.45, 2.75) is 69.2 Å². The highest BCUT2D eigenvalue weighted by Gasteiger charge is 2.47. The van der Waals surface area contributed by atoms with Gasteiger partial charge in [-0.1, -0.05) is 30.7 Å². The average Bonchev–Trinajstić information content (AvgIpc) is 3.01. The van der Waals surface area contributed by atoms with Crippen molar-refractivity contribution in [2.24, 2.45) is 23.7 Å². The van der Waals surface area contributed by atoms with Gasteiger partial charge in [-0.2, -0.15) is 0 Å². The van der Waals surface area contributed by atoms with Gasteiger partial charge >= 0.3 is 0 Å². The Morgan fingerprint density at radius 2 is 1.83 bits per heavy atom. The lowest BCUT2D eigenvalue weighted by molar-refractivity contribution is -0.248. The van der Waals surface area contributed by atoms with Crippen molar-refractivity contribution in [3.63, 3.8) is 0 Å². The van der Waals surface area contributed by atoms with E-state index >= 15 is 0 Å². The van der Waals surface area contributed by atoms with Gasteiger partial charge in [-0.25, -0.2) is 13.1 Å². The molecule has 0 amide bonds. The van der Waals surface area contributed by atoms with Crippen LogP contribution < -0.4 is 9.62 Å². The second kappa shape index (κ2) is 10.4. The van der Waals surface area contributed by atoms with E-state index < -0.39 is 10.0 Å². The molecule has 6 unspecified atom stereocenters. The lowest BCUT2D eigenvalue weighted by Crippen LogP contribution is -2.48. The van der Waals surface area contributed by atoms with Gasteiger partial charge in [0.05, 0.1) is 17.6 Å². The molecule has 7 heteroatoms. The Morgan fingerprint density at radius 1 is 1.03 bits per heavy atom. The Balaban J connectivity index is 1.23. The molecule has 3 fully saturated rings. The molecule has 0 spiro atoms. The minimum Gasteiger partial charge on any atom is -0.377 e. The van der Waals surface area contributed by atoms with E-state index in [0.717, 1.165) is 42.3 Å². The Kier molecular flexibility index (Phi) is 7.40. The first-order chi connectivity index (χ1) is 16.8. The van der Waals surface area contributed by atoms with Crippen LogP contribution in [-0.2, 0) is 19.5 Å². The number of nitrogens with one attached hydrogen (secondary N) is 1. The topological polar surface area (TPSA) is 67.9 Å². The smallest absolute Gasteiger partial charge is 0.241 e. The molecule has 6 atom stereocenters. The number of benzene rings is 2. The van der Waals surface area contributed by atoms with Crippen LogP contribution in [0.1, 0.15) is 51.9 Å². The summed E-state index contributed by atoms with van der Waals surface area (Å²) in [7, 11) is 0.349. The molecule has 1 saturated carbocycles. The Hall–Kier alpha value is -1.67. The quantitative estimate of drug-likeness (QED) is 0.532. The van der Waals surface area contributed by atoms with Crippen molar-refractivity contribution >= 4 is 26.5 Å². The summed E-state index contributed by atoms with van der Waals surface area (Å²) >= 11 is 0. The van der Waals surface area contributed by atoms with Crippen LogP contribution in [0.15, 0.2) is 41.3 Å². The van der Waals surface area contributed by atoms with E-state index in [9.17, 15) is 8.42 Å². The molecule has 1 aliphatic carbocycles. The van der Waals surface area contributed by atoms with E-state index in [1.165, 1.54) is 25.7 Å². The zero-order chi connectivity index (χ0) is 24.6. The van der Waals surface area contributed by atoms with E-state index in [1.807, 2.05) is 49.3 Å². The fraction of sp³-hybridized carbons (Fsp3) is 0.643. The van der Waals surface area contributed by atoms with Crippen LogP contribution in [0.4, 0.5) is 5.69 Å². The molecule has 2 aromatic rings. The van der Waals surface area contributed by atoms with Gasteiger partial charge in [-0.15, -0.1) is 0 Å². The highest BCUT2D eigenvalue weighted by Crippen LogP contribution is 2.49. The number of anilines is 1. The maximum absolute atomic E-state index is 13.2. The number of hydrogen-bond donors (Lipinski definition) is 1. The van der Waals surface area contributed by atoms with Gasteiger partial charge in [-0.05, 0) is 75.3 Å². The zero-order valence-electron chi connectivity index (χ0n) is 21.3. The number of fused-ring (bicyclic) bond motifs is 1. The van der Waals surface area contributed by atoms with Crippen molar-refractivity contribution in [1.82, 2.24) is 4.72 Å². The lowest BCUT2D eigenvalue weighted by atomic mass is 9.64. The fourth-order valence-electron chi connectivity index (χ4n) is 6.82. The molecule has 2 aliphatic heterocycles. The Bertz CT molecular complexity index is 1130. The van der Waals surface area contributed by atoms with Gasteiger partial charge in [0.2, 0.25) is 10.0 Å². The molecule has 2 saturated heterocycles. The van der Waals surface area contributed by atoms with Gasteiger partial charge in [-0.3, -0.25) is 0 Å². The van der Waals surface area contributed by atoms with E-state index in [-0.39, 0.29) is 12.4 Å². The van der Waals surface area contributed by atoms with Crippen LogP contribution in [-0.4, -0.2) is 48.1 Å². The third-order valence-electron chi connectivity index (χ3n) is 8.53. The average molecular weight is 501 g/mol. The van der Waals surface area contributed by atoms with Gasteiger partial charge in [0, 0.05) is 43.0 Å². The van der Waals surface area contributed by atoms with Gasteiger partial charge in [0.25, 0.3) is 0 Å². The third kappa shape index (κ3) is 5.10. The fourth-order valence-corrected chi connectivity index (χ4v) is 8.12. The second-order valence-corrected chi connectivity index (χ2v) is 12.7. The number of ether oxygens (including phenoxy) is 2. The van der Waals surface area contributed by atoms with Crippen LogP contribution in [0.5, 0.6) is 0 Å². The van der Waals surface area contributed by atoms with E-state index in [4.69, 9.17) is 9.47 Å². The normalized spacial score (nSPS) is 31.1. The summed E-state index contributed by atoms with van der Waals surface area (Å²) in [5.74, 6) is 2.34. The summed E-state index contributed by atoms with van der Waals surface area (Å²) in [5.41, 5.74) is 1.01. The maximum atomic E-state index is 13.2. The molecule has 0 bridgehead atoms. The molecule has 0 aromatic heterocycles. The summed E-state index contributed by atoms with van der Waals surface area (Å²) in [6.45, 7) is 3.35. The van der Waals surface area contributed by atoms with Crippen molar-refractivity contribution in [3.05, 3.63) is 36.4 Å². The molecule has 1 N–H and O–H groups in total. The molecule has 2 heterocycles. The molecule has 5 rings (SSSR count). The van der Waals surface area contributed by atoms with Gasteiger partial charge < -0.3 is 14.4 Å². The Morgan fingerprint density at radius 3 is 2.66 bits per heavy atom.